The smallest absolute Gasteiger partial charge is 0.220 e. The molecule has 0 saturated carbocycles. The van der Waals surface area contributed by atoms with Crippen molar-refractivity contribution in [3.8, 4) is 0 Å². The molecule has 3 aromatic heterocycles. The van der Waals surface area contributed by atoms with Gasteiger partial charge >= 0.3 is 0 Å². The zero-order chi connectivity index (χ0) is 19.1. The molecule has 0 unspecified atom stereocenters. The van der Waals surface area contributed by atoms with E-state index in [2.05, 4.69) is 25.9 Å². The molecule has 3 aromatic rings. The normalized spacial score (nSPS) is 19.8. The van der Waals surface area contributed by atoms with E-state index in [1.54, 1.807) is 22.9 Å². The summed E-state index contributed by atoms with van der Waals surface area (Å²) in [5.41, 5.74) is 3.19. The van der Waals surface area contributed by atoms with E-state index in [1.807, 2.05) is 24.4 Å². The molecule has 0 atom stereocenters. The predicted octanol–water partition coefficient (Wildman–Crippen LogP) is 2.36. The van der Waals surface area contributed by atoms with Gasteiger partial charge in [-0.25, -0.2) is 17.7 Å². The molecule has 0 aliphatic carbocycles. The van der Waals surface area contributed by atoms with E-state index < -0.39 is 10.0 Å². The van der Waals surface area contributed by atoms with Crippen LogP contribution in [0, 0.1) is 0 Å². The SMILES string of the molecule is O=S(=O)(C1CN(c2ccncc2)C1)N1CCC(c2c[nH]c3ncccc23)CC1. The number of sulfonamides is 1. The van der Waals surface area contributed by atoms with Gasteiger partial charge in [0.2, 0.25) is 10.0 Å². The molecule has 0 spiro atoms. The fourth-order valence-electron chi connectivity index (χ4n) is 4.34. The number of aromatic amines is 1. The number of anilines is 1. The zero-order valence-corrected chi connectivity index (χ0v) is 16.3. The Morgan fingerprint density at radius 3 is 2.54 bits per heavy atom. The van der Waals surface area contributed by atoms with E-state index in [0.29, 0.717) is 32.1 Å². The minimum Gasteiger partial charge on any atom is -0.369 e. The fraction of sp³-hybridized carbons (Fsp3) is 0.400. The van der Waals surface area contributed by atoms with Crippen LogP contribution < -0.4 is 4.90 Å². The van der Waals surface area contributed by atoms with E-state index in [-0.39, 0.29) is 5.25 Å². The first-order valence-electron chi connectivity index (χ1n) is 9.69. The van der Waals surface area contributed by atoms with E-state index >= 15 is 0 Å². The lowest BCUT2D eigenvalue weighted by molar-refractivity contribution is 0.314. The molecule has 146 valence electrons. The maximum Gasteiger partial charge on any atom is 0.220 e. The van der Waals surface area contributed by atoms with Gasteiger partial charge in [0, 0.05) is 62.0 Å². The van der Waals surface area contributed by atoms with Crippen molar-refractivity contribution in [3.05, 3.63) is 54.6 Å². The average Bonchev–Trinajstić information content (AvgIpc) is 3.12. The summed E-state index contributed by atoms with van der Waals surface area (Å²) in [6.45, 7) is 2.29. The van der Waals surface area contributed by atoms with Crippen LogP contribution in [-0.4, -0.2) is 59.1 Å². The van der Waals surface area contributed by atoms with Gasteiger partial charge in [0.1, 0.15) is 10.9 Å². The van der Waals surface area contributed by atoms with E-state index in [9.17, 15) is 8.42 Å². The molecule has 2 saturated heterocycles. The molecule has 28 heavy (non-hydrogen) atoms. The molecule has 0 bridgehead atoms. The van der Waals surface area contributed by atoms with Crippen molar-refractivity contribution in [2.45, 2.75) is 24.0 Å². The Bertz CT molecular complexity index is 1070. The van der Waals surface area contributed by atoms with Gasteiger partial charge in [0.15, 0.2) is 0 Å². The highest BCUT2D eigenvalue weighted by molar-refractivity contribution is 7.89. The highest BCUT2D eigenvalue weighted by atomic mass is 32.2. The number of piperidine rings is 1. The van der Waals surface area contributed by atoms with Crippen molar-refractivity contribution < 1.29 is 8.42 Å². The number of nitrogens with one attached hydrogen (secondary N) is 1. The van der Waals surface area contributed by atoms with Crippen molar-refractivity contribution in [2.75, 3.05) is 31.1 Å². The van der Waals surface area contributed by atoms with Crippen LogP contribution in [0.25, 0.3) is 11.0 Å². The Morgan fingerprint density at radius 1 is 1.04 bits per heavy atom. The van der Waals surface area contributed by atoms with Crippen LogP contribution in [0.1, 0.15) is 24.3 Å². The van der Waals surface area contributed by atoms with E-state index in [0.717, 1.165) is 29.6 Å². The second-order valence-corrected chi connectivity index (χ2v) is 9.81. The molecule has 8 heteroatoms. The molecule has 5 rings (SSSR count). The van der Waals surface area contributed by atoms with Crippen LogP contribution in [0.15, 0.2) is 49.1 Å². The van der Waals surface area contributed by atoms with Gasteiger partial charge in [-0.2, -0.15) is 0 Å². The van der Waals surface area contributed by atoms with E-state index in [1.165, 1.54) is 5.56 Å². The van der Waals surface area contributed by atoms with Gasteiger partial charge in [-0.15, -0.1) is 0 Å². The lowest BCUT2D eigenvalue weighted by atomic mass is 9.90. The average molecular weight is 398 g/mol. The summed E-state index contributed by atoms with van der Waals surface area (Å²) in [5, 5.41) is 0.838. The fourth-order valence-corrected chi connectivity index (χ4v) is 6.22. The number of hydrogen-bond acceptors (Lipinski definition) is 5. The molecule has 0 aromatic carbocycles. The van der Waals surface area contributed by atoms with Crippen molar-refractivity contribution in [1.82, 2.24) is 19.3 Å². The van der Waals surface area contributed by atoms with Crippen molar-refractivity contribution in [1.29, 1.82) is 0 Å². The topological polar surface area (TPSA) is 82.2 Å². The second kappa shape index (κ2) is 6.86. The standard InChI is InChI=1S/C20H23N5O2S/c26-28(27,17-13-24(14-17)16-3-8-21-9-4-16)25-10-5-15(6-11-25)19-12-23-20-18(19)2-1-7-22-20/h1-4,7-9,12,15,17H,5-6,10-11,13-14H2,(H,22,23). The quantitative estimate of drug-likeness (QED) is 0.731. The first kappa shape index (κ1) is 17.6. The van der Waals surface area contributed by atoms with Crippen molar-refractivity contribution >= 4 is 26.7 Å². The van der Waals surface area contributed by atoms with Crippen molar-refractivity contribution in [2.24, 2.45) is 0 Å². The first-order chi connectivity index (χ1) is 13.6. The van der Waals surface area contributed by atoms with Gasteiger partial charge in [-0.3, -0.25) is 4.98 Å². The maximum atomic E-state index is 13.0. The minimum atomic E-state index is -3.25. The Kier molecular flexibility index (Phi) is 4.32. The summed E-state index contributed by atoms with van der Waals surface area (Å²) >= 11 is 0. The highest BCUT2D eigenvalue weighted by Gasteiger charge is 2.42. The molecular formula is C20H23N5O2S. The van der Waals surface area contributed by atoms with Crippen molar-refractivity contribution in [3.63, 3.8) is 0 Å². The summed E-state index contributed by atoms with van der Waals surface area (Å²) in [6.07, 6.45) is 8.99. The molecule has 2 aliphatic heterocycles. The largest absolute Gasteiger partial charge is 0.369 e. The van der Waals surface area contributed by atoms with Gasteiger partial charge in [-0.05, 0) is 48.6 Å². The number of rotatable bonds is 4. The summed E-state index contributed by atoms with van der Waals surface area (Å²) in [4.78, 5) is 13.7. The third-order valence-electron chi connectivity index (χ3n) is 6.03. The molecule has 0 amide bonds. The number of aromatic nitrogens is 3. The Balaban J connectivity index is 1.23. The van der Waals surface area contributed by atoms with Crippen LogP contribution in [0.5, 0.6) is 0 Å². The third-order valence-corrected chi connectivity index (χ3v) is 8.26. The van der Waals surface area contributed by atoms with Crippen LogP contribution in [0.2, 0.25) is 0 Å². The van der Waals surface area contributed by atoms with Gasteiger partial charge in [-0.1, -0.05) is 0 Å². The lowest BCUT2D eigenvalue weighted by Crippen LogP contribution is -2.59. The molecule has 2 aliphatic rings. The minimum absolute atomic E-state index is 0.311. The summed E-state index contributed by atoms with van der Waals surface area (Å²) in [7, 11) is -3.25. The number of fused-ring (bicyclic) bond motifs is 1. The Hall–Kier alpha value is -2.45. The van der Waals surface area contributed by atoms with Gasteiger partial charge < -0.3 is 9.88 Å². The van der Waals surface area contributed by atoms with Gasteiger partial charge in [0.05, 0.1) is 0 Å². The summed E-state index contributed by atoms with van der Waals surface area (Å²) in [5.74, 6) is 0.374. The molecule has 1 N–H and O–H groups in total. The molecule has 2 fully saturated rings. The lowest BCUT2D eigenvalue weighted by Gasteiger charge is -2.43. The Labute approximate surface area is 164 Å². The summed E-state index contributed by atoms with van der Waals surface area (Å²) in [6, 6.07) is 7.87. The molecular weight excluding hydrogens is 374 g/mol. The van der Waals surface area contributed by atoms with Crippen LogP contribution >= 0.6 is 0 Å². The van der Waals surface area contributed by atoms with E-state index in [4.69, 9.17) is 0 Å². The number of pyridine rings is 2. The predicted molar refractivity (Wildman–Crippen MR) is 109 cm³/mol. The molecule has 0 radical (unpaired) electrons. The van der Waals surface area contributed by atoms with Crippen LogP contribution in [-0.2, 0) is 10.0 Å². The van der Waals surface area contributed by atoms with Gasteiger partial charge in [0.25, 0.3) is 0 Å². The number of hydrogen-bond donors (Lipinski definition) is 1. The van der Waals surface area contributed by atoms with Crippen LogP contribution in [0.4, 0.5) is 5.69 Å². The number of H-pyrrole nitrogens is 1. The highest BCUT2D eigenvalue weighted by Crippen LogP contribution is 2.35. The third kappa shape index (κ3) is 2.97. The monoisotopic (exact) mass is 397 g/mol. The van der Waals surface area contributed by atoms with Crippen LogP contribution in [0.3, 0.4) is 0 Å². The Morgan fingerprint density at radius 2 is 1.79 bits per heavy atom. The molecule has 5 heterocycles. The number of nitrogens with zero attached hydrogens (tertiary/aromatic N) is 4. The summed E-state index contributed by atoms with van der Waals surface area (Å²) < 4.78 is 27.7. The zero-order valence-electron chi connectivity index (χ0n) is 15.5. The maximum absolute atomic E-state index is 13.0. The molecule has 7 nitrogen and oxygen atoms in total. The second-order valence-electron chi connectivity index (χ2n) is 7.59. The first-order valence-corrected chi connectivity index (χ1v) is 11.2.